The van der Waals surface area contributed by atoms with Crippen LogP contribution in [0.3, 0.4) is 0 Å². The number of carbonyl (C=O) groups excluding carboxylic acids is 1. The van der Waals surface area contributed by atoms with Crippen LogP contribution >= 0.6 is 0 Å². The van der Waals surface area contributed by atoms with Crippen LogP contribution in [0.15, 0.2) is 76.2 Å². The smallest absolute Gasteiger partial charge is 0.492 e. The van der Waals surface area contributed by atoms with Gasteiger partial charge in [-0.15, -0.1) is 0 Å². The molecular formula is C26H28N4O7Si. The van der Waals surface area contributed by atoms with Crippen LogP contribution in [0.1, 0.15) is 33.7 Å². The van der Waals surface area contributed by atoms with Gasteiger partial charge in [0, 0.05) is 50.0 Å². The second kappa shape index (κ2) is 12.1. The Kier molecular flexibility index (Phi) is 8.61. The monoisotopic (exact) mass is 536 g/mol. The van der Waals surface area contributed by atoms with E-state index in [2.05, 4.69) is 15.3 Å². The van der Waals surface area contributed by atoms with Gasteiger partial charge in [0.15, 0.2) is 0 Å². The molecule has 198 valence electrons. The molecule has 0 aliphatic carbocycles. The molecule has 4 rings (SSSR count). The molecule has 38 heavy (non-hydrogen) atoms. The van der Waals surface area contributed by atoms with E-state index in [1.54, 1.807) is 18.5 Å². The average Bonchev–Trinajstić information content (AvgIpc) is 2.88. The quantitative estimate of drug-likeness (QED) is 0.108. The molecule has 1 amide bonds. The number of carbonyl (C=O) groups is 1. The summed E-state index contributed by atoms with van der Waals surface area (Å²) in [5, 5.41) is 13.7. The van der Waals surface area contributed by atoms with Crippen molar-refractivity contribution in [3.05, 3.63) is 99.9 Å². The third-order valence-electron chi connectivity index (χ3n) is 5.81. The van der Waals surface area contributed by atoms with Crippen molar-refractivity contribution in [3.8, 4) is 5.75 Å². The largest absolute Gasteiger partial charge is 0.507 e. The summed E-state index contributed by atoms with van der Waals surface area (Å²) < 4.78 is 5.54. The summed E-state index contributed by atoms with van der Waals surface area (Å²) in [5.41, 5.74) is 1.06. The lowest BCUT2D eigenvalue weighted by Crippen LogP contribution is -2.36. The minimum absolute atomic E-state index is 0.0313. The molecule has 3 aromatic heterocycles. The number of aromatic nitrogens is 2. The first kappa shape index (κ1) is 27.1. The van der Waals surface area contributed by atoms with Gasteiger partial charge in [0.1, 0.15) is 16.9 Å². The van der Waals surface area contributed by atoms with Crippen molar-refractivity contribution < 1.29 is 28.7 Å². The van der Waals surface area contributed by atoms with Gasteiger partial charge < -0.3 is 29.2 Å². The van der Waals surface area contributed by atoms with Crippen molar-refractivity contribution in [2.45, 2.75) is 32.1 Å². The lowest BCUT2D eigenvalue weighted by atomic mass is 10.1. The molecule has 5 N–H and O–H groups in total. The second-order valence-electron chi connectivity index (χ2n) is 8.85. The van der Waals surface area contributed by atoms with E-state index < -0.39 is 20.3 Å². The Morgan fingerprint density at radius 1 is 0.947 bits per heavy atom. The van der Waals surface area contributed by atoms with Crippen LogP contribution in [-0.4, -0.2) is 55.6 Å². The van der Waals surface area contributed by atoms with Crippen molar-refractivity contribution in [2.24, 2.45) is 0 Å². The molecule has 0 unspecified atom stereocenters. The fourth-order valence-corrected chi connectivity index (χ4v) is 4.65. The maximum atomic E-state index is 12.7. The van der Waals surface area contributed by atoms with Crippen molar-refractivity contribution in [3.63, 3.8) is 0 Å². The summed E-state index contributed by atoms with van der Waals surface area (Å²) in [6.45, 7) is 1.12. The van der Waals surface area contributed by atoms with Crippen molar-refractivity contribution in [1.29, 1.82) is 0 Å². The minimum Gasteiger partial charge on any atom is -0.507 e. The molecule has 0 atom stereocenters. The standard InChI is InChI=1S/C26H28N4O7Si/c31-23-9-8-18-14-21(25(32)29-12-5-13-38(34,35)36)26(33)37-24(18)22(23)17-30(15-19-6-1-3-10-27-19)16-20-7-2-4-11-28-20/h1-4,6-11,14,31,34-36H,5,12-13,15-17H2,(H,29,32). The first-order valence-corrected chi connectivity index (χ1v) is 14.0. The minimum atomic E-state index is -4.20. The highest BCUT2D eigenvalue weighted by Gasteiger charge is 2.26. The van der Waals surface area contributed by atoms with E-state index in [1.165, 1.54) is 12.1 Å². The summed E-state index contributed by atoms with van der Waals surface area (Å²) in [5.74, 6) is -0.752. The van der Waals surface area contributed by atoms with Crippen LogP contribution in [0, 0.1) is 0 Å². The van der Waals surface area contributed by atoms with Crippen LogP contribution in [-0.2, 0) is 19.6 Å². The number of fused-ring (bicyclic) bond motifs is 1. The Balaban J connectivity index is 1.60. The molecule has 0 bridgehead atoms. The van der Waals surface area contributed by atoms with E-state index in [0.29, 0.717) is 24.0 Å². The summed E-state index contributed by atoms with van der Waals surface area (Å²) in [4.78, 5) is 63.3. The van der Waals surface area contributed by atoms with Gasteiger partial charge in [-0.3, -0.25) is 19.7 Å². The summed E-state index contributed by atoms with van der Waals surface area (Å²) in [6.07, 6.45) is 3.52. The molecular weight excluding hydrogens is 508 g/mol. The van der Waals surface area contributed by atoms with Crippen LogP contribution in [0.5, 0.6) is 5.75 Å². The number of benzene rings is 1. The molecule has 4 aromatic rings. The van der Waals surface area contributed by atoms with Gasteiger partial charge in [0.25, 0.3) is 5.91 Å². The van der Waals surface area contributed by atoms with Gasteiger partial charge in [-0.05, 0) is 48.9 Å². The van der Waals surface area contributed by atoms with E-state index in [1.807, 2.05) is 41.3 Å². The number of nitrogens with zero attached hydrogens (tertiary/aromatic N) is 3. The fraction of sp³-hybridized carbons (Fsp3) is 0.231. The SMILES string of the molecule is O=C(NCCC[Si](O)(O)O)c1cc2ccc(O)c(CN(Cc3ccccn3)Cc3ccccn3)c2oc1=O. The van der Waals surface area contributed by atoms with Crippen LogP contribution in [0.4, 0.5) is 0 Å². The lowest BCUT2D eigenvalue weighted by molar-refractivity contribution is 0.0949. The second-order valence-corrected chi connectivity index (χ2v) is 10.9. The average molecular weight is 537 g/mol. The van der Waals surface area contributed by atoms with E-state index in [0.717, 1.165) is 11.4 Å². The molecule has 0 aliphatic rings. The first-order chi connectivity index (χ1) is 18.2. The Bertz CT molecular complexity index is 1400. The van der Waals surface area contributed by atoms with Crippen LogP contribution in [0.25, 0.3) is 11.0 Å². The number of pyridine rings is 2. The van der Waals surface area contributed by atoms with E-state index in [4.69, 9.17) is 18.8 Å². The summed E-state index contributed by atoms with van der Waals surface area (Å²) in [6, 6.07) is 15.4. The highest BCUT2D eigenvalue weighted by Crippen LogP contribution is 2.29. The number of rotatable bonds is 11. The number of amides is 1. The van der Waals surface area contributed by atoms with Crippen molar-refractivity contribution in [2.75, 3.05) is 6.54 Å². The molecule has 0 spiro atoms. The predicted molar refractivity (Wildman–Crippen MR) is 140 cm³/mol. The Hall–Kier alpha value is -3.94. The van der Waals surface area contributed by atoms with Gasteiger partial charge in [0.2, 0.25) is 0 Å². The zero-order valence-corrected chi connectivity index (χ0v) is 21.4. The molecule has 0 aliphatic heterocycles. The molecule has 0 fully saturated rings. The third-order valence-corrected chi connectivity index (χ3v) is 6.83. The summed E-state index contributed by atoms with van der Waals surface area (Å²) in [7, 11) is -4.20. The van der Waals surface area contributed by atoms with Crippen LogP contribution in [0.2, 0.25) is 6.04 Å². The number of hydrogen-bond donors (Lipinski definition) is 5. The normalized spacial score (nSPS) is 11.7. The maximum Gasteiger partial charge on any atom is 0.492 e. The third kappa shape index (κ3) is 7.31. The summed E-state index contributed by atoms with van der Waals surface area (Å²) >= 11 is 0. The molecule has 11 nitrogen and oxygen atoms in total. The fourth-order valence-electron chi connectivity index (χ4n) is 4.00. The molecule has 0 radical (unpaired) electrons. The highest BCUT2D eigenvalue weighted by molar-refractivity contribution is 6.56. The molecule has 12 heteroatoms. The number of nitrogens with one attached hydrogen (secondary N) is 1. The molecule has 1 aromatic carbocycles. The molecule has 0 saturated carbocycles. The number of phenolic OH excluding ortho intramolecular Hbond substituents is 1. The Morgan fingerprint density at radius 3 is 2.18 bits per heavy atom. The van der Waals surface area contributed by atoms with Gasteiger partial charge in [-0.1, -0.05) is 12.1 Å². The Labute approximate surface area is 219 Å². The van der Waals surface area contributed by atoms with Gasteiger partial charge in [0.05, 0.1) is 17.0 Å². The predicted octanol–water partition coefficient (Wildman–Crippen LogP) is 1.53. The maximum absolute atomic E-state index is 12.7. The molecule has 3 heterocycles. The van der Waals surface area contributed by atoms with E-state index in [-0.39, 0.29) is 42.5 Å². The van der Waals surface area contributed by atoms with Crippen molar-refractivity contribution in [1.82, 2.24) is 20.2 Å². The zero-order chi connectivity index (χ0) is 27.1. The van der Waals surface area contributed by atoms with E-state index in [9.17, 15) is 14.7 Å². The highest BCUT2D eigenvalue weighted by atomic mass is 28.4. The number of phenols is 1. The van der Waals surface area contributed by atoms with Crippen molar-refractivity contribution >= 4 is 25.7 Å². The zero-order valence-electron chi connectivity index (χ0n) is 20.4. The van der Waals surface area contributed by atoms with Gasteiger partial charge in [-0.2, -0.15) is 0 Å². The molecule has 0 saturated heterocycles. The topological polar surface area (TPSA) is 169 Å². The first-order valence-electron chi connectivity index (χ1n) is 12.0. The van der Waals surface area contributed by atoms with Gasteiger partial charge in [-0.25, -0.2) is 4.79 Å². The number of aromatic hydroxyl groups is 1. The van der Waals surface area contributed by atoms with Crippen LogP contribution < -0.4 is 10.9 Å². The number of hydrogen-bond acceptors (Lipinski definition) is 10. The Morgan fingerprint density at radius 2 is 1.61 bits per heavy atom. The van der Waals surface area contributed by atoms with Gasteiger partial charge >= 0.3 is 14.4 Å². The lowest BCUT2D eigenvalue weighted by Gasteiger charge is -2.22. The van der Waals surface area contributed by atoms with E-state index >= 15 is 0 Å².